The molecule has 0 saturated heterocycles. The number of nitrogens with zero attached hydrogens (tertiary/aromatic N) is 2. The number of ether oxygens (including phenoxy) is 2. The maximum absolute atomic E-state index is 7.07. The van der Waals surface area contributed by atoms with Crippen LogP contribution in [-0.2, 0) is 0 Å². The third kappa shape index (κ3) is 7.04. The highest BCUT2D eigenvalue weighted by Gasteiger charge is 2.46. The molecule has 15 rings (SSSR count). The molecule has 0 bridgehead atoms. The largest absolute Gasteiger partial charge is 0.457 e. The quantitative estimate of drug-likeness (QED) is 0.141. The Morgan fingerprint density at radius 3 is 1.12 bits per heavy atom. The van der Waals surface area contributed by atoms with Crippen LogP contribution in [0.5, 0.6) is 23.0 Å². The number of hydrogen-bond donors (Lipinski definition) is 0. The van der Waals surface area contributed by atoms with Gasteiger partial charge in [-0.1, -0.05) is 210 Å². The molecule has 4 heterocycles. The van der Waals surface area contributed by atoms with Gasteiger partial charge in [-0.05, 0) is 99.7 Å². The minimum absolute atomic E-state index is 0.0191. The first-order chi connectivity index (χ1) is 36.7. The van der Waals surface area contributed by atoms with Crippen molar-refractivity contribution in [2.75, 3.05) is 9.80 Å². The number of fused-ring (bicyclic) bond motifs is 8. The van der Waals surface area contributed by atoms with E-state index in [0.717, 1.165) is 68.0 Å². The van der Waals surface area contributed by atoms with Crippen molar-refractivity contribution in [1.29, 1.82) is 0 Å². The molecule has 0 N–H and O–H groups in total. The molecule has 0 spiro atoms. The number of hydrogen-bond acceptors (Lipinski definition) is 6. The predicted octanol–water partition coefficient (Wildman–Crippen LogP) is 14.1. The molecule has 4 aliphatic heterocycles. The van der Waals surface area contributed by atoms with Gasteiger partial charge < -0.3 is 19.3 Å². The van der Waals surface area contributed by atoms with E-state index in [2.05, 4.69) is 265 Å². The van der Waals surface area contributed by atoms with E-state index < -0.39 is 0 Å². The Balaban J connectivity index is 0.917. The Bertz CT molecular complexity index is 3750. The Morgan fingerprint density at radius 1 is 0.297 bits per heavy atom. The molecule has 11 aromatic rings. The van der Waals surface area contributed by atoms with Crippen molar-refractivity contribution in [2.24, 2.45) is 0 Å². The molecule has 346 valence electrons. The normalized spacial score (nSPS) is 13.2. The maximum Gasteiger partial charge on any atom is 0.249 e. The second kappa shape index (κ2) is 17.6. The van der Waals surface area contributed by atoms with Crippen LogP contribution < -0.4 is 52.1 Å². The molecule has 0 fully saturated rings. The smallest absolute Gasteiger partial charge is 0.249 e. The summed E-state index contributed by atoms with van der Waals surface area (Å²) in [5.74, 6) is 3.24. The van der Waals surface area contributed by atoms with Gasteiger partial charge in [0.15, 0.2) is 0 Å². The van der Waals surface area contributed by atoms with Crippen LogP contribution >= 0.6 is 23.5 Å². The minimum atomic E-state index is -0.0191. The van der Waals surface area contributed by atoms with Gasteiger partial charge in [-0.2, -0.15) is 0 Å². The van der Waals surface area contributed by atoms with Crippen LogP contribution in [0.2, 0.25) is 0 Å². The van der Waals surface area contributed by atoms with Crippen molar-refractivity contribution < 1.29 is 9.47 Å². The summed E-state index contributed by atoms with van der Waals surface area (Å²) in [6.45, 7) is -0.0383. The summed E-state index contributed by atoms with van der Waals surface area (Å²) < 4.78 is 14.1. The first-order valence-electron chi connectivity index (χ1n) is 25.1. The average molecular weight is 981 g/mol. The number of rotatable bonds is 8. The van der Waals surface area contributed by atoms with Crippen LogP contribution in [0.1, 0.15) is 0 Å². The number of anilines is 6. The fraction of sp³-hybridized carbons (Fsp3) is 0. The van der Waals surface area contributed by atoms with Crippen LogP contribution in [0.15, 0.2) is 274 Å². The zero-order valence-corrected chi connectivity index (χ0v) is 41.6. The molecule has 0 unspecified atom stereocenters. The molecule has 8 heteroatoms. The summed E-state index contributed by atoms with van der Waals surface area (Å²) in [6.07, 6.45) is 0. The fourth-order valence-electron chi connectivity index (χ4n) is 11.7. The van der Waals surface area contributed by atoms with Crippen molar-refractivity contribution >= 4 is 104 Å². The highest BCUT2D eigenvalue weighted by molar-refractivity contribution is 8.01. The van der Waals surface area contributed by atoms with Gasteiger partial charge in [0.05, 0.1) is 0 Å². The van der Waals surface area contributed by atoms with Crippen LogP contribution in [0.4, 0.5) is 34.1 Å². The summed E-state index contributed by atoms with van der Waals surface area (Å²) in [5, 5.41) is 0. The van der Waals surface area contributed by atoms with Gasteiger partial charge in [0.1, 0.15) is 23.0 Å². The van der Waals surface area contributed by atoms with Crippen molar-refractivity contribution in [1.82, 2.24) is 0 Å². The molecule has 0 aromatic heterocycles. The fourth-order valence-corrected chi connectivity index (χ4v) is 14.3. The molecule has 4 aliphatic rings. The highest BCUT2D eigenvalue weighted by Crippen LogP contribution is 2.49. The van der Waals surface area contributed by atoms with Gasteiger partial charge in [-0.15, -0.1) is 0 Å². The Kier molecular flexibility index (Phi) is 10.2. The van der Waals surface area contributed by atoms with E-state index in [4.69, 9.17) is 9.47 Å². The van der Waals surface area contributed by atoms with Crippen molar-refractivity contribution in [2.45, 2.75) is 19.6 Å². The summed E-state index contributed by atoms with van der Waals surface area (Å²) in [4.78, 5) is 9.78. The van der Waals surface area contributed by atoms with Crippen molar-refractivity contribution in [3.05, 3.63) is 255 Å². The summed E-state index contributed by atoms with van der Waals surface area (Å²) in [6, 6.07) is 91.5. The zero-order valence-electron chi connectivity index (χ0n) is 39.9. The Morgan fingerprint density at radius 2 is 0.676 bits per heavy atom. The van der Waals surface area contributed by atoms with Gasteiger partial charge in [0.2, 0.25) is 13.4 Å². The molecule has 0 atom stereocenters. The van der Waals surface area contributed by atoms with E-state index >= 15 is 0 Å². The third-order valence-corrected chi connectivity index (χ3v) is 17.1. The van der Waals surface area contributed by atoms with Gasteiger partial charge >= 0.3 is 0 Å². The van der Waals surface area contributed by atoms with Crippen molar-refractivity contribution in [3.8, 4) is 45.3 Å². The molecule has 0 amide bonds. The standard InChI is InChI=1S/C66H42B2N2O2S2/c1-5-21-43(22-6-1)49-29-13-19-35-59(49)71-47-37-57-65-63(39-47)73-61-42-62-54(41-53(61)67(65)51-31-15-17-33-55(51)69(57)45-25-9-3-10-26-45)68-52-32-16-18-34-56(52)70(46-27-11-4-12-28-46)58-38-48(40-64(74-62)66(58)68)72-60-36-20-14-30-50(60)44-23-7-2-8-24-44/h1-42H. The lowest BCUT2D eigenvalue weighted by Crippen LogP contribution is -2.63. The SMILES string of the molecule is c1ccc(-c2ccccc2Oc2cc3c4c(c2)N(c2ccccc2)c2ccccc2B4c2cc4c(cc2S3)Sc2cc(Oc3ccccc3-c3ccccc3)cc3c2B4c2ccccc2N3c2ccccc2)cc1. The first kappa shape index (κ1) is 43.1. The third-order valence-electron chi connectivity index (χ3n) is 14.9. The molecular weight excluding hydrogens is 938 g/mol. The number of para-hydroxylation sites is 6. The molecule has 0 aliphatic carbocycles. The summed E-state index contributed by atoms with van der Waals surface area (Å²) in [7, 11) is 0. The summed E-state index contributed by atoms with van der Waals surface area (Å²) >= 11 is 3.72. The lowest BCUT2D eigenvalue weighted by molar-refractivity contribution is 0.483. The van der Waals surface area contributed by atoms with Crippen LogP contribution in [-0.4, -0.2) is 13.4 Å². The average Bonchev–Trinajstić information content (AvgIpc) is 3.47. The van der Waals surface area contributed by atoms with E-state index in [0.29, 0.717) is 0 Å². The predicted molar refractivity (Wildman–Crippen MR) is 310 cm³/mol. The van der Waals surface area contributed by atoms with E-state index in [-0.39, 0.29) is 13.4 Å². The zero-order chi connectivity index (χ0) is 48.7. The van der Waals surface area contributed by atoms with Gasteiger partial charge in [0, 0.05) is 77.0 Å². The molecular formula is C66H42B2N2O2S2. The molecule has 0 radical (unpaired) electrons. The maximum atomic E-state index is 7.07. The molecule has 0 saturated carbocycles. The van der Waals surface area contributed by atoms with E-state index in [1.165, 1.54) is 63.7 Å². The second-order valence-corrected chi connectivity index (χ2v) is 21.3. The van der Waals surface area contributed by atoms with E-state index in [1.54, 1.807) is 0 Å². The monoisotopic (exact) mass is 980 g/mol. The molecule has 11 aromatic carbocycles. The van der Waals surface area contributed by atoms with Crippen LogP contribution in [0.25, 0.3) is 22.3 Å². The highest BCUT2D eigenvalue weighted by atomic mass is 32.2. The Hall–Kier alpha value is -8.55. The first-order valence-corrected chi connectivity index (χ1v) is 26.8. The van der Waals surface area contributed by atoms with Gasteiger partial charge in [-0.25, -0.2) is 0 Å². The topological polar surface area (TPSA) is 24.9 Å². The Labute approximate surface area is 440 Å². The van der Waals surface area contributed by atoms with Crippen molar-refractivity contribution in [3.63, 3.8) is 0 Å². The van der Waals surface area contributed by atoms with E-state index in [9.17, 15) is 0 Å². The lowest BCUT2D eigenvalue weighted by atomic mass is 9.32. The molecule has 74 heavy (non-hydrogen) atoms. The summed E-state index contributed by atoms with van der Waals surface area (Å²) in [5.41, 5.74) is 19.0. The van der Waals surface area contributed by atoms with Gasteiger partial charge in [-0.3, -0.25) is 0 Å². The molecule has 4 nitrogen and oxygen atoms in total. The van der Waals surface area contributed by atoms with Crippen LogP contribution in [0.3, 0.4) is 0 Å². The van der Waals surface area contributed by atoms with Crippen LogP contribution in [0, 0.1) is 0 Å². The second-order valence-electron chi connectivity index (χ2n) is 19.1. The number of benzene rings is 11. The minimum Gasteiger partial charge on any atom is -0.457 e. The lowest BCUT2D eigenvalue weighted by Gasteiger charge is -2.42. The van der Waals surface area contributed by atoms with E-state index in [1.807, 2.05) is 23.5 Å². The van der Waals surface area contributed by atoms with Gasteiger partial charge in [0.25, 0.3) is 0 Å².